The van der Waals surface area contributed by atoms with E-state index in [1.54, 1.807) is 24.3 Å². The van der Waals surface area contributed by atoms with E-state index < -0.39 is 11.2 Å². The summed E-state index contributed by atoms with van der Waals surface area (Å²) >= 11 is 0. The molecule has 0 aliphatic carbocycles. The fourth-order valence-corrected chi connectivity index (χ4v) is 1.91. The first-order valence-electron chi connectivity index (χ1n) is 5.59. The molecule has 0 unspecified atom stereocenters. The van der Waals surface area contributed by atoms with Gasteiger partial charge in [0.1, 0.15) is 0 Å². The van der Waals surface area contributed by atoms with Crippen molar-refractivity contribution < 1.29 is 0 Å². The van der Waals surface area contributed by atoms with Crippen molar-refractivity contribution >= 4 is 10.9 Å². The van der Waals surface area contributed by atoms with Gasteiger partial charge in [-0.2, -0.15) is 0 Å². The number of aromatic amines is 2. The molecule has 0 radical (unpaired) electrons. The van der Waals surface area contributed by atoms with Crippen LogP contribution in [0.15, 0.2) is 57.0 Å². The van der Waals surface area contributed by atoms with Gasteiger partial charge in [0.15, 0.2) is 0 Å². The minimum absolute atomic E-state index is 0.210. The summed E-state index contributed by atoms with van der Waals surface area (Å²) in [5, 5.41) is 0.862. The number of hydrogen-bond acceptors (Lipinski definition) is 3. The highest BCUT2D eigenvalue weighted by Crippen LogP contribution is 2.13. The third kappa shape index (κ3) is 1.99. The van der Waals surface area contributed by atoms with Gasteiger partial charge in [-0.05, 0) is 23.6 Å². The van der Waals surface area contributed by atoms with E-state index in [0.717, 1.165) is 5.39 Å². The van der Waals surface area contributed by atoms with Crippen molar-refractivity contribution in [2.24, 2.45) is 0 Å². The first-order chi connectivity index (χ1) is 9.13. The van der Waals surface area contributed by atoms with E-state index in [2.05, 4.69) is 9.97 Å². The predicted molar refractivity (Wildman–Crippen MR) is 70.8 cm³/mol. The van der Waals surface area contributed by atoms with Crippen LogP contribution in [0.2, 0.25) is 0 Å². The number of pyridine rings is 1. The van der Waals surface area contributed by atoms with Gasteiger partial charge in [-0.25, -0.2) is 4.79 Å². The SMILES string of the molecule is O=c1ccn(-c2ccc3ccc(=O)[nH]c3c2)c(=O)[nH]1. The average molecular weight is 255 g/mol. The molecule has 6 heteroatoms. The summed E-state index contributed by atoms with van der Waals surface area (Å²) < 4.78 is 1.30. The Morgan fingerprint density at radius 2 is 1.58 bits per heavy atom. The van der Waals surface area contributed by atoms with Crippen LogP contribution in [0.25, 0.3) is 16.6 Å². The van der Waals surface area contributed by atoms with E-state index in [4.69, 9.17) is 0 Å². The normalized spacial score (nSPS) is 10.7. The molecule has 2 heterocycles. The number of hydrogen-bond donors (Lipinski definition) is 2. The van der Waals surface area contributed by atoms with E-state index >= 15 is 0 Å². The highest BCUT2D eigenvalue weighted by Gasteiger charge is 2.02. The lowest BCUT2D eigenvalue weighted by molar-refractivity contribution is 0.897. The molecule has 0 saturated carbocycles. The van der Waals surface area contributed by atoms with Crippen LogP contribution in [0.1, 0.15) is 0 Å². The fraction of sp³-hybridized carbons (Fsp3) is 0. The van der Waals surface area contributed by atoms with Crippen LogP contribution in [0.3, 0.4) is 0 Å². The summed E-state index contributed by atoms with van der Waals surface area (Å²) in [5.41, 5.74) is 0.0118. The van der Waals surface area contributed by atoms with Crippen molar-refractivity contribution in [2.45, 2.75) is 0 Å². The average Bonchev–Trinajstić information content (AvgIpc) is 2.38. The summed E-state index contributed by atoms with van der Waals surface area (Å²) in [4.78, 5) is 38.8. The third-order valence-corrected chi connectivity index (χ3v) is 2.81. The van der Waals surface area contributed by atoms with Crippen molar-refractivity contribution in [1.29, 1.82) is 0 Å². The van der Waals surface area contributed by atoms with Crippen LogP contribution in [0, 0.1) is 0 Å². The maximum Gasteiger partial charge on any atom is 0.332 e. The lowest BCUT2D eigenvalue weighted by atomic mass is 10.2. The van der Waals surface area contributed by atoms with Gasteiger partial charge >= 0.3 is 5.69 Å². The highest BCUT2D eigenvalue weighted by atomic mass is 16.2. The molecule has 6 nitrogen and oxygen atoms in total. The summed E-state index contributed by atoms with van der Waals surface area (Å²) in [5.74, 6) is 0. The quantitative estimate of drug-likeness (QED) is 0.658. The van der Waals surface area contributed by atoms with E-state index in [-0.39, 0.29) is 5.56 Å². The molecule has 2 N–H and O–H groups in total. The Balaban J connectivity index is 2.28. The molecule has 0 amide bonds. The first kappa shape index (κ1) is 11.2. The summed E-state index contributed by atoms with van der Waals surface area (Å²) in [6.45, 7) is 0. The predicted octanol–water partition coefficient (Wildman–Crippen LogP) is 0.367. The van der Waals surface area contributed by atoms with Gasteiger partial charge in [-0.1, -0.05) is 6.07 Å². The van der Waals surface area contributed by atoms with E-state index in [9.17, 15) is 14.4 Å². The minimum atomic E-state index is -0.523. The zero-order valence-electron chi connectivity index (χ0n) is 9.71. The Labute approximate surface area is 106 Å². The molecule has 1 aromatic carbocycles. The number of benzene rings is 1. The van der Waals surface area contributed by atoms with Crippen molar-refractivity contribution in [2.75, 3.05) is 0 Å². The monoisotopic (exact) mass is 255 g/mol. The zero-order valence-corrected chi connectivity index (χ0v) is 9.71. The van der Waals surface area contributed by atoms with E-state index in [1.165, 1.54) is 22.9 Å². The maximum absolute atomic E-state index is 11.7. The topological polar surface area (TPSA) is 87.7 Å². The smallest absolute Gasteiger partial charge is 0.322 e. The van der Waals surface area contributed by atoms with Gasteiger partial charge in [0.2, 0.25) is 5.56 Å². The van der Waals surface area contributed by atoms with Gasteiger partial charge in [-0.3, -0.25) is 19.1 Å². The molecule has 0 fully saturated rings. The van der Waals surface area contributed by atoms with Gasteiger partial charge in [0.05, 0.1) is 11.2 Å². The molecular formula is C13H9N3O3. The second kappa shape index (κ2) is 4.09. The lowest BCUT2D eigenvalue weighted by Gasteiger charge is -2.05. The molecule has 0 aliphatic rings. The van der Waals surface area contributed by atoms with Crippen LogP contribution in [0.4, 0.5) is 0 Å². The van der Waals surface area contributed by atoms with Gasteiger partial charge in [0, 0.05) is 18.3 Å². The number of aromatic nitrogens is 3. The number of rotatable bonds is 1. The van der Waals surface area contributed by atoms with Crippen LogP contribution in [-0.2, 0) is 0 Å². The van der Waals surface area contributed by atoms with Crippen molar-refractivity contribution in [3.05, 3.63) is 73.8 Å². The largest absolute Gasteiger partial charge is 0.332 e. The molecule has 0 bridgehead atoms. The molecular weight excluding hydrogens is 246 g/mol. The number of H-pyrrole nitrogens is 2. The maximum atomic E-state index is 11.7. The molecule has 3 rings (SSSR count). The molecule has 0 saturated heterocycles. The third-order valence-electron chi connectivity index (χ3n) is 2.81. The Kier molecular flexibility index (Phi) is 2.42. The molecule has 2 aromatic heterocycles. The van der Waals surface area contributed by atoms with Gasteiger partial charge in [0.25, 0.3) is 5.56 Å². The fourth-order valence-electron chi connectivity index (χ4n) is 1.91. The highest BCUT2D eigenvalue weighted by molar-refractivity contribution is 5.80. The molecule has 0 atom stereocenters. The lowest BCUT2D eigenvalue weighted by Crippen LogP contribution is -2.27. The first-order valence-corrected chi connectivity index (χ1v) is 5.59. The Morgan fingerprint density at radius 3 is 2.37 bits per heavy atom. The van der Waals surface area contributed by atoms with Gasteiger partial charge < -0.3 is 4.98 Å². The summed E-state index contributed by atoms with van der Waals surface area (Å²) in [6.07, 6.45) is 1.39. The second-order valence-corrected chi connectivity index (χ2v) is 4.07. The summed E-state index contributed by atoms with van der Waals surface area (Å²) in [6, 6.07) is 9.61. The Morgan fingerprint density at radius 1 is 0.842 bits per heavy atom. The van der Waals surface area contributed by atoms with Crippen molar-refractivity contribution in [1.82, 2.24) is 14.5 Å². The number of fused-ring (bicyclic) bond motifs is 1. The van der Waals surface area contributed by atoms with Crippen LogP contribution >= 0.6 is 0 Å². The van der Waals surface area contributed by atoms with Crippen LogP contribution < -0.4 is 16.8 Å². The number of nitrogens with one attached hydrogen (secondary N) is 2. The molecule has 94 valence electrons. The molecule has 0 spiro atoms. The zero-order chi connectivity index (χ0) is 13.4. The Hall–Kier alpha value is -2.89. The van der Waals surface area contributed by atoms with Gasteiger partial charge in [-0.15, -0.1) is 0 Å². The number of nitrogens with zero attached hydrogens (tertiary/aromatic N) is 1. The van der Waals surface area contributed by atoms with Crippen molar-refractivity contribution in [3.63, 3.8) is 0 Å². The van der Waals surface area contributed by atoms with Crippen molar-refractivity contribution in [3.8, 4) is 5.69 Å². The molecule has 0 aliphatic heterocycles. The summed E-state index contributed by atoms with van der Waals surface area (Å²) in [7, 11) is 0. The second-order valence-electron chi connectivity index (χ2n) is 4.07. The molecule has 19 heavy (non-hydrogen) atoms. The standard InChI is InChI=1S/C13H9N3O3/c17-11-4-2-8-1-3-9(7-10(8)14-11)16-6-5-12(18)15-13(16)19/h1-7H,(H,14,17)(H,15,18,19). The molecule has 3 aromatic rings. The van der Waals surface area contributed by atoms with Crippen LogP contribution in [-0.4, -0.2) is 14.5 Å². The minimum Gasteiger partial charge on any atom is -0.322 e. The van der Waals surface area contributed by atoms with E-state index in [0.29, 0.717) is 11.2 Å². The van der Waals surface area contributed by atoms with E-state index in [1.807, 2.05) is 0 Å². The van der Waals surface area contributed by atoms with Crippen LogP contribution in [0.5, 0.6) is 0 Å². The Bertz CT molecular complexity index is 934.